The molecule has 1 amide bonds. The highest BCUT2D eigenvalue weighted by molar-refractivity contribution is 6.30. The maximum absolute atomic E-state index is 12.7. The van der Waals surface area contributed by atoms with Crippen LogP contribution in [0.15, 0.2) is 36.7 Å². The molecule has 2 unspecified atom stereocenters. The molecule has 1 aromatic heterocycles. The second-order valence-electron chi connectivity index (χ2n) is 6.73. The van der Waals surface area contributed by atoms with Gasteiger partial charge in [-0.15, -0.1) is 0 Å². The Bertz CT molecular complexity index is 741. The lowest BCUT2D eigenvalue weighted by molar-refractivity contribution is -0.123. The summed E-state index contributed by atoms with van der Waals surface area (Å²) in [4.78, 5) is 15.2. The first kappa shape index (κ1) is 18.9. The Morgan fingerprint density at radius 1 is 1.31 bits per heavy atom. The SMILES string of the molecule is CNC(C(=O)NCC(c1cccc(Cl)c1)N1CCCC1)c1cnn(C)c1. The van der Waals surface area contributed by atoms with E-state index in [1.54, 1.807) is 17.9 Å². The number of halogens is 1. The summed E-state index contributed by atoms with van der Waals surface area (Å²) >= 11 is 6.19. The molecule has 1 fully saturated rings. The number of likely N-dealkylation sites (tertiary alicyclic amines) is 1. The van der Waals surface area contributed by atoms with Gasteiger partial charge >= 0.3 is 0 Å². The molecule has 0 saturated carbocycles. The van der Waals surface area contributed by atoms with E-state index in [9.17, 15) is 4.79 Å². The molecule has 1 aromatic carbocycles. The summed E-state index contributed by atoms with van der Waals surface area (Å²) in [5, 5.41) is 11.1. The summed E-state index contributed by atoms with van der Waals surface area (Å²) in [5.74, 6) is -0.0493. The summed E-state index contributed by atoms with van der Waals surface area (Å²) in [6.45, 7) is 2.65. The number of nitrogens with zero attached hydrogens (tertiary/aromatic N) is 3. The third kappa shape index (κ3) is 4.44. The van der Waals surface area contributed by atoms with Gasteiger partial charge in [-0.05, 0) is 50.7 Å². The first-order valence-corrected chi connectivity index (χ1v) is 9.39. The van der Waals surface area contributed by atoms with Crippen LogP contribution in [-0.2, 0) is 11.8 Å². The van der Waals surface area contributed by atoms with Gasteiger partial charge in [-0.25, -0.2) is 0 Å². The fraction of sp³-hybridized carbons (Fsp3) is 0.474. The molecular formula is C19H26ClN5O. The van der Waals surface area contributed by atoms with E-state index < -0.39 is 6.04 Å². The third-order valence-electron chi connectivity index (χ3n) is 4.89. The minimum Gasteiger partial charge on any atom is -0.353 e. The Balaban J connectivity index is 1.71. The van der Waals surface area contributed by atoms with Crippen molar-refractivity contribution in [3.63, 3.8) is 0 Å². The van der Waals surface area contributed by atoms with Crippen molar-refractivity contribution in [3.05, 3.63) is 52.8 Å². The number of hydrogen-bond acceptors (Lipinski definition) is 4. The predicted octanol–water partition coefficient (Wildman–Crippen LogP) is 2.29. The molecule has 6 nitrogen and oxygen atoms in total. The Labute approximate surface area is 159 Å². The van der Waals surface area contributed by atoms with Crippen molar-refractivity contribution in [1.82, 2.24) is 25.3 Å². The molecule has 0 bridgehead atoms. The van der Waals surface area contributed by atoms with E-state index in [0.29, 0.717) is 6.54 Å². The van der Waals surface area contributed by atoms with Crippen molar-refractivity contribution < 1.29 is 4.79 Å². The monoisotopic (exact) mass is 375 g/mol. The Morgan fingerprint density at radius 2 is 2.08 bits per heavy atom. The highest BCUT2D eigenvalue weighted by Crippen LogP contribution is 2.26. The lowest BCUT2D eigenvalue weighted by Crippen LogP contribution is -2.41. The zero-order chi connectivity index (χ0) is 18.5. The normalized spacial score (nSPS) is 17.2. The largest absolute Gasteiger partial charge is 0.353 e. The predicted molar refractivity (Wildman–Crippen MR) is 103 cm³/mol. The number of carbonyl (C=O) groups is 1. The Kier molecular flexibility index (Phi) is 6.29. The number of nitrogens with one attached hydrogen (secondary N) is 2. The molecule has 2 heterocycles. The average molecular weight is 376 g/mol. The van der Waals surface area contributed by atoms with Crippen LogP contribution in [0.3, 0.4) is 0 Å². The quantitative estimate of drug-likeness (QED) is 0.779. The van der Waals surface area contributed by atoms with E-state index in [-0.39, 0.29) is 11.9 Å². The van der Waals surface area contributed by atoms with Crippen LogP contribution in [0.25, 0.3) is 0 Å². The van der Waals surface area contributed by atoms with E-state index in [4.69, 9.17) is 11.6 Å². The van der Waals surface area contributed by atoms with Crippen LogP contribution in [0.4, 0.5) is 0 Å². The summed E-state index contributed by atoms with van der Waals surface area (Å²) < 4.78 is 1.70. The minimum atomic E-state index is -0.415. The standard InChI is InChI=1S/C19H26ClN5O/c1-21-18(15-11-23-24(2)13-15)19(26)22-12-17(25-8-3-4-9-25)14-6-5-7-16(20)10-14/h5-7,10-11,13,17-18,21H,3-4,8-9,12H2,1-2H3,(H,22,26). The molecule has 2 aromatic rings. The molecule has 7 heteroatoms. The molecule has 0 radical (unpaired) electrons. The molecule has 1 saturated heterocycles. The number of aromatic nitrogens is 2. The van der Waals surface area contributed by atoms with Crippen molar-refractivity contribution in [1.29, 1.82) is 0 Å². The average Bonchev–Trinajstić information content (AvgIpc) is 3.28. The van der Waals surface area contributed by atoms with Crippen LogP contribution in [0.5, 0.6) is 0 Å². The number of rotatable bonds is 7. The van der Waals surface area contributed by atoms with Crippen LogP contribution >= 0.6 is 11.6 Å². The van der Waals surface area contributed by atoms with E-state index in [0.717, 1.165) is 29.2 Å². The molecule has 3 rings (SSSR count). The molecule has 1 aliphatic rings. The summed E-state index contributed by atoms with van der Waals surface area (Å²) in [6, 6.07) is 7.64. The van der Waals surface area contributed by atoms with E-state index in [2.05, 4.69) is 26.7 Å². The molecule has 2 atom stereocenters. The van der Waals surface area contributed by atoms with Crippen molar-refractivity contribution in [3.8, 4) is 0 Å². The van der Waals surface area contributed by atoms with Crippen molar-refractivity contribution in [2.24, 2.45) is 7.05 Å². The van der Waals surface area contributed by atoms with Gasteiger partial charge in [-0.2, -0.15) is 5.10 Å². The fourth-order valence-electron chi connectivity index (χ4n) is 3.56. The summed E-state index contributed by atoms with van der Waals surface area (Å²) in [5.41, 5.74) is 2.00. The second kappa shape index (κ2) is 8.66. The highest BCUT2D eigenvalue weighted by Gasteiger charge is 2.26. The van der Waals surface area contributed by atoms with Gasteiger partial charge in [0.25, 0.3) is 0 Å². The molecule has 26 heavy (non-hydrogen) atoms. The van der Waals surface area contributed by atoms with Gasteiger partial charge < -0.3 is 10.6 Å². The summed E-state index contributed by atoms with van der Waals surface area (Å²) in [7, 11) is 3.63. The van der Waals surface area contributed by atoms with Crippen LogP contribution in [0.1, 0.15) is 36.1 Å². The van der Waals surface area contributed by atoms with Crippen LogP contribution in [-0.4, -0.2) is 47.3 Å². The van der Waals surface area contributed by atoms with E-state index in [1.165, 1.54) is 12.8 Å². The van der Waals surface area contributed by atoms with Crippen LogP contribution < -0.4 is 10.6 Å². The van der Waals surface area contributed by atoms with Gasteiger partial charge in [0.1, 0.15) is 6.04 Å². The first-order valence-electron chi connectivity index (χ1n) is 9.01. The Morgan fingerprint density at radius 3 is 2.69 bits per heavy atom. The molecule has 1 aliphatic heterocycles. The number of hydrogen-bond donors (Lipinski definition) is 2. The topological polar surface area (TPSA) is 62.2 Å². The zero-order valence-corrected chi connectivity index (χ0v) is 16.0. The number of amides is 1. The summed E-state index contributed by atoms with van der Waals surface area (Å²) in [6.07, 6.45) is 5.96. The molecule has 0 aliphatic carbocycles. The molecule has 2 N–H and O–H groups in total. The fourth-order valence-corrected chi connectivity index (χ4v) is 3.76. The van der Waals surface area contributed by atoms with Crippen molar-refractivity contribution in [2.75, 3.05) is 26.7 Å². The molecule has 140 valence electrons. The van der Waals surface area contributed by atoms with E-state index >= 15 is 0 Å². The molecule has 0 spiro atoms. The maximum Gasteiger partial charge on any atom is 0.241 e. The number of likely N-dealkylation sites (N-methyl/N-ethyl adjacent to an activating group) is 1. The third-order valence-corrected chi connectivity index (χ3v) is 5.13. The minimum absolute atomic E-state index is 0.0493. The second-order valence-corrected chi connectivity index (χ2v) is 7.16. The smallest absolute Gasteiger partial charge is 0.241 e. The number of aryl methyl sites for hydroxylation is 1. The van der Waals surface area contributed by atoms with Gasteiger partial charge in [0.05, 0.1) is 12.2 Å². The van der Waals surface area contributed by atoms with E-state index in [1.807, 2.05) is 31.4 Å². The van der Waals surface area contributed by atoms with Gasteiger partial charge in [0.2, 0.25) is 5.91 Å². The lowest BCUT2D eigenvalue weighted by atomic mass is 10.0. The highest BCUT2D eigenvalue weighted by atomic mass is 35.5. The Hall–Kier alpha value is -1.89. The van der Waals surface area contributed by atoms with Crippen LogP contribution in [0.2, 0.25) is 5.02 Å². The number of benzene rings is 1. The van der Waals surface area contributed by atoms with Gasteiger partial charge in [0.15, 0.2) is 0 Å². The van der Waals surface area contributed by atoms with Crippen LogP contribution in [0, 0.1) is 0 Å². The van der Waals surface area contributed by atoms with Crippen molar-refractivity contribution >= 4 is 17.5 Å². The van der Waals surface area contributed by atoms with Gasteiger partial charge in [-0.1, -0.05) is 23.7 Å². The maximum atomic E-state index is 12.7. The lowest BCUT2D eigenvalue weighted by Gasteiger charge is -2.29. The zero-order valence-electron chi connectivity index (χ0n) is 15.3. The van der Waals surface area contributed by atoms with Crippen molar-refractivity contribution in [2.45, 2.75) is 24.9 Å². The first-order chi connectivity index (χ1) is 12.6. The number of carbonyl (C=O) groups excluding carboxylic acids is 1. The molecular weight excluding hydrogens is 350 g/mol. The van der Waals surface area contributed by atoms with Gasteiger partial charge in [-0.3, -0.25) is 14.4 Å². The van der Waals surface area contributed by atoms with Gasteiger partial charge in [0, 0.05) is 30.4 Å².